The Kier molecular flexibility index (Phi) is 5.67. The standard InChI is InChI=1S/C24H29N7O2/c1-30(2)12-19-10-20(28-22(26-19)16-7-8-16)23(32)27-18-6-4-5-17(9-18)24(13-33-14-24)11-21-29-25-15-31(21)3/h4-6,9-10,15-16H,7-8,11-14H2,1-3H3,(H,27,32). The molecule has 3 heterocycles. The van der Waals surface area contributed by atoms with Crippen LogP contribution in [-0.2, 0) is 30.2 Å². The first kappa shape index (κ1) is 21.7. The van der Waals surface area contributed by atoms with E-state index in [1.54, 1.807) is 12.4 Å². The van der Waals surface area contributed by atoms with Crippen LogP contribution in [0.15, 0.2) is 36.7 Å². The number of benzene rings is 1. The molecule has 9 heteroatoms. The van der Waals surface area contributed by atoms with Gasteiger partial charge in [-0.3, -0.25) is 4.79 Å². The number of anilines is 1. The Balaban J connectivity index is 1.37. The molecule has 1 N–H and O–H groups in total. The lowest BCUT2D eigenvalue weighted by atomic mass is 9.75. The number of amides is 1. The molecular formula is C24H29N7O2. The highest BCUT2D eigenvalue weighted by Gasteiger charge is 2.41. The van der Waals surface area contributed by atoms with Gasteiger partial charge in [0.25, 0.3) is 5.91 Å². The zero-order chi connectivity index (χ0) is 23.0. The Hall–Kier alpha value is -3.17. The summed E-state index contributed by atoms with van der Waals surface area (Å²) < 4.78 is 7.53. The van der Waals surface area contributed by atoms with E-state index in [4.69, 9.17) is 4.74 Å². The van der Waals surface area contributed by atoms with Crippen molar-refractivity contribution in [3.8, 4) is 0 Å². The smallest absolute Gasteiger partial charge is 0.274 e. The Labute approximate surface area is 193 Å². The molecule has 0 unspecified atom stereocenters. The van der Waals surface area contributed by atoms with Crippen molar-refractivity contribution in [2.24, 2.45) is 7.05 Å². The zero-order valence-corrected chi connectivity index (χ0v) is 19.3. The Morgan fingerprint density at radius 3 is 2.70 bits per heavy atom. The van der Waals surface area contributed by atoms with Gasteiger partial charge >= 0.3 is 0 Å². The maximum Gasteiger partial charge on any atom is 0.274 e. The average molecular weight is 448 g/mol. The average Bonchev–Trinajstić information content (AvgIpc) is 3.53. The first-order valence-electron chi connectivity index (χ1n) is 11.3. The molecule has 9 nitrogen and oxygen atoms in total. The maximum absolute atomic E-state index is 13.1. The van der Waals surface area contributed by atoms with Gasteiger partial charge in [-0.2, -0.15) is 0 Å². The summed E-state index contributed by atoms with van der Waals surface area (Å²) in [4.78, 5) is 24.4. The third-order valence-corrected chi connectivity index (χ3v) is 6.24. The number of ether oxygens (including phenoxy) is 1. The molecule has 0 radical (unpaired) electrons. The zero-order valence-electron chi connectivity index (χ0n) is 19.3. The predicted molar refractivity (Wildman–Crippen MR) is 123 cm³/mol. The minimum atomic E-state index is -0.219. The summed E-state index contributed by atoms with van der Waals surface area (Å²) in [5.74, 6) is 1.85. The maximum atomic E-state index is 13.1. The van der Waals surface area contributed by atoms with E-state index in [0.29, 0.717) is 31.4 Å². The van der Waals surface area contributed by atoms with Crippen LogP contribution in [0.1, 0.15) is 52.2 Å². The molecule has 1 saturated carbocycles. The highest BCUT2D eigenvalue weighted by atomic mass is 16.5. The van der Waals surface area contributed by atoms with E-state index >= 15 is 0 Å². The summed E-state index contributed by atoms with van der Waals surface area (Å²) in [7, 11) is 5.93. The molecule has 33 heavy (non-hydrogen) atoms. The molecule has 3 aromatic rings. The molecule has 0 bridgehead atoms. The molecule has 0 atom stereocenters. The van der Waals surface area contributed by atoms with E-state index in [9.17, 15) is 4.79 Å². The number of nitrogens with one attached hydrogen (secondary N) is 1. The fourth-order valence-corrected chi connectivity index (χ4v) is 4.17. The van der Waals surface area contributed by atoms with Gasteiger partial charge in [0, 0.05) is 37.0 Å². The highest BCUT2D eigenvalue weighted by molar-refractivity contribution is 6.03. The highest BCUT2D eigenvalue weighted by Crippen LogP contribution is 2.38. The van der Waals surface area contributed by atoms with Crippen LogP contribution in [0.2, 0.25) is 0 Å². The van der Waals surface area contributed by atoms with Crippen LogP contribution in [0.5, 0.6) is 0 Å². The second kappa shape index (κ2) is 8.64. The second-order valence-corrected chi connectivity index (χ2v) is 9.46. The number of rotatable bonds is 8. The minimum Gasteiger partial charge on any atom is -0.379 e. The summed E-state index contributed by atoms with van der Waals surface area (Å²) in [5, 5.41) is 11.3. The van der Waals surface area contributed by atoms with E-state index in [1.165, 1.54) is 0 Å². The van der Waals surface area contributed by atoms with Gasteiger partial charge in [0.1, 0.15) is 23.7 Å². The van der Waals surface area contributed by atoms with Crippen molar-refractivity contribution < 1.29 is 9.53 Å². The van der Waals surface area contributed by atoms with Crippen molar-refractivity contribution in [1.82, 2.24) is 29.6 Å². The van der Waals surface area contributed by atoms with Gasteiger partial charge in [-0.1, -0.05) is 12.1 Å². The molecule has 2 fully saturated rings. The number of carbonyl (C=O) groups excluding carboxylic acids is 1. The topological polar surface area (TPSA) is 98.1 Å². The SMILES string of the molecule is CN(C)Cc1cc(C(=O)Nc2cccc(C3(Cc4nncn4C)COC3)c2)nc(C2CC2)n1. The minimum absolute atomic E-state index is 0.172. The summed E-state index contributed by atoms with van der Waals surface area (Å²) in [5.41, 5.74) is 2.96. The van der Waals surface area contributed by atoms with Crippen LogP contribution >= 0.6 is 0 Å². The molecule has 5 rings (SSSR count). The van der Waals surface area contributed by atoms with E-state index < -0.39 is 0 Å². The lowest BCUT2D eigenvalue weighted by Gasteiger charge is -2.41. The number of hydrogen-bond donors (Lipinski definition) is 1. The van der Waals surface area contributed by atoms with Crippen LogP contribution in [0, 0.1) is 0 Å². The van der Waals surface area contributed by atoms with Crippen molar-refractivity contribution >= 4 is 11.6 Å². The van der Waals surface area contributed by atoms with Crippen molar-refractivity contribution in [2.75, 3.05) is 32.6 Å². The molecule has 0 spiro atoms. The normalized spacial score (nSPS) is 17.1. The lowest BCUT2D eigenvalue weighted by Crippen LogP contribution is -2.49. The molecule has 2 aromatic heterocycles. The fraction of sp³-hybridized carbons (Fsp3) is 0.458. The van der Waals surface area contributed by atoms with Gasteiger partial charge < -0.3 is 19.5 Å². The van der Waals surface area contributed by atoms with Crippen LogP contribution < -0.4 is 5.32 Å². The van der Waals surface area contributed by atoms with Crippen molar-refractivity contribution in [3.63, 3.8) is 0 Å². The quantitative estimate of drug-likeness (QED) is 0.566. The first-order chi connectivity index (χ1) is 15.9. The summed E-state index contributed by atoms with van der Waals surface area (Å²) >= 11 is 0. The number of hydrogen-bond acceptors (Lipinski definition) is 7. The molecule has 1 aromatic carbocycles. The van der Waals surface area contributed by atoms with Gasteiger partial charge in [0.2, 0.25) is 0 Å². The van der Waals surface area contributed by atoms with Crippen LogP contribution in [0.25, 0.3) is 0 Å². The first-order valence-corrected chi connectivity index (χ1v) is 11.3. The van der Waals surface area contributed by atoms with Crippen LogP contribution in [-0.4, -0.2) is 62.8 Å². The van der Waals surface area contributed by atoms with Gasteiger partial charge in [-0.15, -0.1) is 10.2 Å². The summed E-state index contributed by atoms with van der Waals surface area (Å²) in [6.07, 6.45) is 4.61. The molecule has 1 aliphatic heterocycles. The monoisotopic (exact) mass is 447 g/mol. The number of aryl methyl sites for hydroxylation is 1. The summed E-state index contributed by atoms with van der Waals surface area (Å²) in [6, 6.07) is 9.77. The van der Waals surface area contributed by atoms with Gasteiger partial charge in [-0.05, 0) is 50.7 Å². The summed E-state index contributed by atoms with van der Waals surface area (Å²) in [6.45, 7) is 1.90. The number of nitrogens with zero attached hydrogens (tertiary/aromatic N) is 6. The largest absolute Gasteiger partial charge is 0.379 e. The molecule has 2 aliphatic rings. The van der Waals surface area contributed by atoms with E-state index in [1.807, 2.05) is 48.8 Å². The third kappa shape index (κ3) is 4.65. The molecular weight excluding hydrogens is 418 g/mol. The number of aromatic nitrogens is 5. The Bertz CT molecular complexity index is 1170. The van der Waals surface area contributed by atoms with Crippen LogP contribution in [0.3, 0.4) is 0 Å². The van der Waals surface area contributed by atoms with Crippen molar-refractivity contribution in [2.45, 2.75) is 37.1 Å². The van der Waals surface area contributed by atoms with Gasteiger partial charge in [0.05, 0.1) is 18.9 Å². The molecule has 1 amide bonds. The van der Waals surface area contributed by atoms with Crippen LogP contribution in [0.4, 0.5) is 5.69 Å². The van der Waals surface area contributed by atoms with Gasteiger partial charge in [0.15, 0.2) is 0 Å². The van der Waals surface area contributed by atoms with E-state index in [2.05, 4.69) is 31.5 Å². The lowest BCUT2D eigenvalue weighted by molar-refractivity contribution is -0.0610. The second-order valence-electron chi connectivity index (χ2n) is 9.46. The Morgan fingerprint density at radius 2 is 2.06 bits per heavy atom. The molecule has 1 aliphatic carbocycles. The molecule has 1 saturated heterocycles. The Morgan fingerprint density at radius 1 is 1.24 bits per heavy atom. The fourth-order valence-electron chi connectivity index (χ4n) is 4.17. The van der Waals surface area contributed by atoms with Crippen molar-refractivity contribution in [3.05, 3.63) is 65.3 Å². The van der Waals surface area contributed by atoms with Gasteiger partial charge in [-0.25, -0.2) is 9.97 Å². The van der Waals surface area contributed by atoms with E-state index in [-0.39, 0.29) is 11.3 Å². The molecule has 172 valence electrons. The predicted octanol–water partition coefficient (Wildman–Crippen LogP) is 2.31. The third-order valence-electron chi connectivity index (χ3n) is 6.24. The van der Waals surface area contributed by atoms with Crippen molar-refractivity contribution in [1.29, 1.82) is 0 Å². The number of carbonyl (C=O) groups is 1. The van der Waals surface area contributed by atoms with E-state index in [0.717, 1.165) is 47.9 Å².